The second-order valence-electron chi connectivity index (χ2n) is 6.88. The van der Waals surface area contributed by atoms with Crippen molar-refractivity contribution in [1.82, 2.24) is 0 Å². The number of hydrogen-bond donors (Lipinski definition) is 2. The Balaban J connectivity index is 1.40. The number of benzene rings is 2. The van der Waals surface area contributed by atoms with Crippen LogP contribution in [0.5, 0.6) is 0 Å². The van der Waals surface area contributed by atoms with Gasteiger partial charge in [0.25, 0.3) is 5.91 Å². The molecule has 0 aliphatic heterocycles. The van der Waals surface area contributed by atoms with E-state index >= 15 is 0 Å². The third kappa shape index (κ3) is 3.91. The molecule has 2 heterocycles. The van der Waals surface area contributed by atoms with Crippen LogP contribution < -0.4 is 10.6 Å². The second kappa shape index (κ2) is 7.67. The lowest BCUT2D eigenvalue weighted by atomic mass is 10.0. The minimum Gasteiger partial charge on any atom is -0.464 e. The fourth-order valence-electron chi connectivity index (χ4n) is 3.14. The number of hydrogen-bond acceptors (Lipinski definition) is 4. The van der Waals surface area contributed by atoms with Crippen LogP contribution in [0.1, 0.15) is 27.2 Å². The van der Waals surface area contributed by atoms with Crippen LogP contribution in [0.2, 0.25) is 0 Å². The zero-order valence-corrected chi connectivity index (χ0v) is 16.1. The highest BCUT2D eigenvalue weighted by Gasteiger charge is 2.13. The van der Waals surface area contributed by atoms with Crippen molar-refractivity contribution >= 4 is 34.2 Å². The Morgan fingerprint density at radius 3 is 2.31 bits per heavy atom. The molecule has 2 aromatic carbocycles. The van der Waals surface area contributed by atoms with Gasteiger partial charge in [-0.2, -0.15) is 0 Å². The van der Waals surface area contributed by atoms with E-state index in [-0.39, 0.29) is 24.0 Å². The van der Waals surface area contributed by atoms with Gasteiger partial charge in [-0.25, -0.2) is 0 Å². The van der Waals surface area contributed by atoms with Gasteiger partial charge < -0.3 is 19.5 Å². The van der Waals surface area contributed by atoms with Gasteiger partial charge in [0.15, 0.2) is 5.76 Å². The molecular formula is C23H20N2O4. The maximum Gasteiger partial charge on any atom is 0.291 e. The number of aryl methyl sites for hydroxylation is 2. The molecular weight excluding hydrogens is 368 g/mol. The fourth-order valence-corrected chi connectivity index (χ4v) is 3.14. The van der Waals surface area contributed by atoms with Crippen LogP contribution in [0.25, 0.3) is 11.0 Å². The lowest BCUT2D eigenvalue weighted by Gasteiger charge is -2.07. The highest BCUT2D eigenvalue weighted by Crippen LogP contribution is 2.27. The molecule has 4 rings (SSSR count). The summed E-state index contributed by atoms with van der Waals surface area (Å²) in [5, 5.41) is 6.56. The summed E-state index contributed by atoms with van der Waals surface area (Å²) < 4.78 is 10.7. The number of carbonyl (C=O) groups is 2. The third-order valence-electron chi connectivity index (χ3n) is 4.86. The van der Waals surface area contributed by atoms with Gasteiger partial charge >= 0.3 is 0 Å². The van der Waals surface area contributed by atoms with Gasteiger partial charge in [-0.15, -0.1) is 0 Å². The number of nitrogens with one attached hydrogen (secondary N) is 2. The van der Waals surface area contributed by atoms with Crippen molar-refractivity contribution in [3.8, 4) is 0 Å². The predicted octanol–water partition coefficient (Wildman–Crippen LogP) is 5.08. The highest BCUT2D eigenvalue weighted by molar-refractivity contribution is 6.02. The summed E-state index contributed by atoms with van der Waals surface area (Å²) in [6.07, 6.45) is 3.30. The Kier molecular flexibility index (Phi) is 4.91. The number of rotatable bonds is 5. The van der Waals surface area contributed by atoms with Crippen molar-refractivity contribution in [2.45, 2.75) is 20.3 Å². The van der Waals surface area contributed by atoms with Crippen molar-refractivity contribution in [3.63, 3.8) is 0 Å². The van der Waals surface area contributed by atoms with E-state index in [1.54, 1.807) is 42.7 Å². The van der Waals surface area contributed by atoms with Crippen molar-refractivity contribution in [3.05, 3.63) is 83.5 Å². The topological polar surface area (TPSA) is 84.5 Å². The molecule has 4 aromatic rings. The minimum absolute atomic E-state index is 0.140. The molecule has 2 aromatic heterocycles. The van der Waals surface area contributed by atoms with Gasteiger partial charge in [0.2, 0.25) is 5.91 Å². The fraction of sp³-hybridized carbons (Fsp3) is 0.130. The molecule has 0 atom stereocenters. The number of fused-ring (bicyclic) bond motifs is 1. The van der Waals surface area contributed by atoms with Gasteiger partial charge in [-0.1, -0.05) is 12.1 Å². The van der Waals surface area contributed by atoms with Gasteiger partial charge in [0.05, 0.1) is 18.9 Å². The maximum absolute atomic E-state index is 12.5. The Bertz CT molecular complexity index is 1170. The zero-order valence-electron chi connectivity index (χ0n) is 16.1. The van der Waals surface area contributed by atoms with E-state index in [0.717, 1.165) is 27.7 Å². The first-order chi connectivity index (χ1) is 14.0. The van der Waals surface area contributed by atoms with Gasteiger partial charge in [-0.3, -0.25) is 9.59 Å². The smallest absolute Gasteiger partial charge is 0.291 e. The van der Waals surface area contributed by atoms with Crippen molar-refractivity contribution in [1.29, 1.82) is 0 Å². The molecule has 0 fully saturated rings. The van der Waals surface area contributed by atoms with Crippen LogP contribution in [0.4, 0.5) is 11.4 Å². The van der Waals surface area contributed by atoms with Crippen LogP contribution in [-0.4, -0.2) is 11.8 Å². The molecule has 0 unspecified atom stereocenters. The summed E-state index contributed by atoms with van der Waals surface area (Å²) in [5.41, 5.74) is 5.16. The van der Waals surface area contributed by atoms with E-state index in [1.807, 2.05) is 26.0 Å². The van der Waals surface area contributed by atoms with Crippen LogP contribution in [0, 0.1) is 13.8 Å². The monoisotopic (exact) mass is 388 g/mol. The maximum atomic E-state index is 12.5. The van der Waals surface area contributed by atoms with E-state index in [4.69, 9.17) is 8.83 Å². The van der Waals surface area contributed by atoms with E-state index in [0.29, 0.717) is 11.4 Å². The molecule has 29 heavy (non-hydrogen) atoms. The number of amides is 2. The molecule has 0 radical (unpaired) electrons. The van der Waals surface area contributed by atoms with E-state index in [9.17, 15) is 9.59 Å². The standard InChI is InChI=1S/C23H20N2O4/c1-14-5-10-19-16(13-29-22(19)15(14)2)12-21(26)24-17-6-8-18(9-7-17)25-23(27)20-4-3-11-28-20/h3-11,13H,12H2,1-2H3,(H,24,26)(H,25,27). The van der Waals surface area contributed by atoms with Crippen LogP contribution in [-0.2, 0) is 11.2 Å². The van der Waals surface area contributed by atoms with Gasteiger partial charge in [0.1, 0.15) is 5.58 Å². The van der Waals surface area contributed by atoms with Crippen molar-refractivity contribution < 1.29 is 18.4 Å². The molecule has 146 valence electrons. The lowest BCUT2D eigenvalue weighted by Crippen LogP contribution is -2.14. The number of furan rings is 2. The molecule has 0 saturated heterocycles. The summed E-state index contributed by atoms with van der Waals surface area (Å²) in [4.78, 5) is 24.4. The summed E-state index contributed by atoms with van der Waals surface area (Å²) in [6.45, 7) is 4.04. The zero-order chi connectivity index (χ0) is 20.4. The molecule has 2 amide bonds. The average Bonchev–Trinajstić information content (AvgIpc) is 3.37. The Morgan fingerprint density at radius 2 is 1.62 bits per heavy atom. The molecule has 0 aliphatic carbocycles. The Hall–Kier alpha value is -3.80. The molecule has 6 nitrogen and oxygen atoms in total. The van der Waals surface area contributed by atoms with Crippen LogP contribution in [0.3, 0.4) is 0 Å². The molecule has 2 N–H and O–H groups in total. The highest BCUT2D eigenvalue weighted by atomic mass is 16.3. The van der Waals surface area contributed by atoms with Crippen molar-refractivity contribution in [2.24, 2.45) is 0 Å². The van der Waals surface area contributed by atoms with E-state index in [1.165, 1.54) is 6.26 Å². The summed E-state index contributed by atoms with van der Waals surface area (Å²) in [7, 11) is 0. The summed E-state index contributed by atoms with van der Waals surface area (Å²) >= 11 is 0. The first kappa shape index (κ1) is 18.6. The molecule has 0 saturated carbocycles. The summed E-state index contributed by atoms with van der Waals surface area (Å²) in [5.74, 6) is -0.234. The molecule has 6 heteroatoms. The summed E-state index contributed by atoms with van der Waals surface area (Å²) in [6, 6.07) is 14.2. The van der Waals surface area contributed by atoms with Crippen molar-refractivity contribution in [2.75, 3.05) is 10.6 Å². The predicted molar refractivity (Wildman–Crippen MR) is 111 cm³/mol. The molecule has 0 spiro atoms. The lowest BCUT2D eigenvalue weighted by molar-refractivity contribution is -0.115. The first-order valence-electron chi connectivity index (χ1n) is 9.22. The Morgan fingerprint density at radius 1 is 0.897 bits per heavy atom. The SMILES string of the molecule is Cc1ccc2c(CC(=O)Nc3ccc(NC(=O)c4ccco4)cc3)coc2c1C. The quantitative estimate of drug-likeness (QED) is 0.499. The van der Waals surface area contributed by atoms with Gasteiger partial charge in [0, 0.05) is 22.3 Å². The third-order valence-corrected chi connectivity index (χ3v) is 4.86. The normalized spacial score (nSPS) is 10.8. The second-order valence-corrected chi connectivity index (χ2v) is 6.88. The largest absolute Gasteiger partial charge is 0.464 e. The van der Waals surface area contributed by atoms with Gasteiger partial charge in [-0.05, 0) is 61.4 Å². The van der Waals surface area contributed by atoms with Crippen LogP contribution in [0.15, 0.2) is 69.9 Å². The van der Waals surface area contributed by atoms with Crippen LogP contribution >= 0.6 is 0 Å². The molecule has 0 aliphatic rings. The average molecular weight is 388 g/mol. The Labute approximate surface area is 167 Å². The van der Waals surface area contributed by atoms with E-state index < -0.39 is 0 Å². The number of anilines is 2. The minimum atomic E-state index is -0.329. The molecule has 0 bridgehead atoms. The first-order valence-corrected chi connectivity index (χ1v) is 9.22. The number of carbonyl (C=O) groups excluding carboxylic acids is 2. The van der Waals surface area contributed by atoms with E-state index in [2.05, 4.69) is 10.6 Å².